The average molecular weight is 615 g/mol. The van der Waals surface area contributed by atoms with Crippen LogP contribution >= 0.6 is 0 Å². The maximum atomic E-state index is 9.46. The van der Waals surface area contributed by atoms with E-state index in [0.717, 1.165) is 54.2 Å². The van der Waals surface area contributed by atoms with Crippen LogP contribution < -0.4 is 0 Å². The molecule has 0 heteroatoms. The molecule has 0 saturated carbocycles. The molecule has 48 heavy (non-hydrogen) atoms. The van der Waals surface area contributed by atoms with Crippen LogP contribution in [-0.2, 0) is 0 Å². The van der Waals surface area contributed by atoms with Gasteiger partial charge in [-0.3, -0.25) is 0 Å². The van der Waals surface area contributed by atoms with Crippen molar-refractivity contribution in [3.8, 4) is 33.4 Å². The van der Waals surface area contributed by atoms with Crippen LogP contribution in [0, 0.1) is 0 Å². The molecule has 0 spiro atoms. The summed E-state index contributed by atoms with van der Waals surface area (Å²) in [6, 6.07) is 41.3. The number of hydrogen-bond acceptors (Lipinski definition) is 0. The molecule has 0 bridgehead atoms. The Morgan fingerprint density at radius 2 is 0.729 bits per heavy atom. The summed E-state index contributed by atoms with van der Waals surface area (Å²) < 4.78 is 73.3. The molecule has 0 amide bonds. The van der Waals surface area contributed by atoms with Crippen LogP contribution in [0.4, 0.5) is 0 Å². The van der Waals surface area contributed by atoms with E-state index in [4.69, 9.17) is 5.48 Å². The van der Waals surface area contributed by atoms with Gasteiger partial charge in [-0.25, -0.2) is 0 Å². The highest BCUT2D eigenvalue weighted by atomic mass is 14.2. The second-order valence-corrected chi connectivity index (χ2v) is 12.2. The van der Waals surface area contributed by atoms with Crippen molar-refractivity contribution in [2.45, 2.75) is 0 Å². The van der Waals surface area contributed by atoms with Gasteiger partial charge in [-0.05, 0) is 110 Å². The first-order valence-electron chi connectivity index (χ1n) is 20.0. The fourth-order valence-corrected chi connectivity index (χ4v) is 7.58. The molecule has 0 aliphatic heterocycles. The molecule has 10 aromatic carbocycles. The lowest BCUT2D eigenvalue weighted by Gasteiger charge is -2.19. The van der Waals surface area contributed by atoms with Crippen molar-refractivity contribution < 1.29 is 11.0 Å². The number of hydrogen-bond donors (Lipinski definition) is 0. The van der Waals surface area contributed by atoms with Gasteiger partial charge in [-0.15, -0.1) is 0 Å². The lowest BCUT2D eigenvalue weighted by atomic mass is 9.84. The topological polar surface area (TPSA) is 0 Å². The molecule has 222 valence electrons. The zero-order valence-corrected chi connectivity index (χ0v) is 25.7. The fourth-order valence-electron chi connectivity index (χ4n) is 7.58. The number of rotatable bonds is 3. The molecule has 0 saturated heterocycles. The third kappa shape index (κ3) is 4.03. The summed E-state index contributed by atoms with van der Waals surface area (Å²) in [4.78, 5) is 0. The van der Waals surface area contributed by atoms with Crippen LogP contribution in [0.5, 0.6) is 0 Å². The Bertz CT molecular complexity index is 3230. The first kappa shape index (κ1) is 20.1. The Kier molecular flexibility index (Phi) is 4.46. The van der Waals surface area contributed by atoms with Gasteiger partial charge in [-0.2, -0.15) is 0 Å². The Balaban J connectivity index is 1.40. The van der Waals surface area contributed by atoms with Gasteiger partial charge in [0, 0.05) is 0 Å². The maximum Gasteiger partial charge on any atom is 0.0629 e. The van der Waals surface area contributed by atoms with Crippen molar-refractivity contribution in [2.75, 3.05) is 0 Å². The Morgan fingerprint density at radius 3 is 1.33 bits per heavy atom. The van der Waals surface area contributed by atoms with E-state index in [-0.39, 0.29) is 45.7 Å². The van der Waals surface area contributed by atoms with Crippen molar-refractivity contribution in [3.05, 3.63) is 182 Å². The van der Waals surface area contributed by atoms with Gasteiger partial charge in [0.2, 0.25) is 0 Å². The SMILES string of the molecule is [2H]c1c([2H])c([2H])c2c(-c3ccc4c5ccccc5c5ccccc5c4c3)c3c([2H])c([2H])c([2H])c([2H])c3c(-c3cccc(-c4cccc5ccccc45)c3)c2c1[2H]. The third-order valence-electron chi connectivity index (χ3n) is 9.66. The van der Waals surface area contributed by atoms with Crippen molar-refractivity contribution in [1.29, 1.82) is 0 Å². The predicted molar refractivity (Wildman–Crippen MR) is 208 cm³/mol. The summed E-state index contributed by atoms with van der Waals surface area (Å²) >= 11 is 0. The average Bonchev–Trinajstić information content (AvgIpc) is 3.24. The molecule has 0 aromatic heterocycles. The summed E-state index contributed by atoms with van der Waals surface area (Å²) in [7, 11) is 0. The van der Waals surface area contributed by atoms with Crippen LogP contribution in [0.25, 0.3) is 98.0 Å². The minimum absolute atomic E-state index is 0.196. The van der Waals surface area contributed by atoms with E-state index in [1.54, 1.807) is 0 Å². The highest BCUT2D eigenvalue weighted by Crippen LogP contribution is 2.46. The first-order chi connectivity index (χ1) is 27.2. The molecule has 0 radical (unpaired) electrons. The predicted octanol–water partition coefficient (Wildman–Crippen LogP) is 13.6. The zero-order chi connectivity index (χ0) is 38.6. The molecule has 0 atom stereocenters. The summed E-state index contributed by atoms with van der Waals surface area (Å²) in [5.41, 5.74) is 3.65. The quantitative estimate of drug-likeness (QED) is 0.137. The Labute approximate surface area is 290 Å². The minimum atomic E-state index is -0.420. The van der Waals surface area contributed by atoms with Gasteiger partial charge in [-0.1, -0.05) is 170 Å². The van der Waals surface area contributed by atoms with E-state index in [1.165, 1.54) is 0 Å². The van der Waals surface area contributed by atoms with E-state index in [2.05, 4.69) is 30.3 Å². The highest BCUT2D eigenvalue weighted by Gasteiger charge is 2.18. The minimum Gasteiger partial charge on any atom is -0.0616 e. The van der Waals surface area contributed by atoms with Crippen LogP contribution in [0.1, 0.15) is 11.0 Å². The summed E-state index contributed by atoms with van der Waals surface area (Å²) in [5, 5.41) is 9.05. The molecular weight excluding hydrogens is 577 g/mol. The molecule has 0 N–H and O–H groups in total. The molecule has 0 aliphatic carbocycles. The zero-order valence-electron chi connectivity index (χ0n) is 33.7. The normalized spacial score (nSPS) is 14.1. The van der Waals surface area contributed by atoms with Gasteiger partial charge < -0.3 is 0 Å². The van der Waals surface area contributed by atoms with E-state index < -0.39 is 24.2 Å². The summed E-state index contributed by atoms with van der Waals surface area (Å²) in [6.07, 6.45) is 0. The standard InChI is InChI=1S/C48H30/c1-2-17-35-31(13-1)14-12-26-36(35)32-15-11-16-33(29-32)47-42-22-7-9-24-44(42)48(45-25-10-8-23-43(45)47)34-27-28-41-39-20-4-3-18-37(39)38-19-5-6-21-40(38)46(41)30-34/h1-30H/i7D,8D,9D,10D,22D,23D,24D,25D. The second-order valence-electron chi connectivity index (χ2n) is 12.2. The first-order valence-corrected chi connectivity index (χ1v) is 16.0. The van der Waals surface area contributed by atoms with E-state index >= 15 is 0 Å². The Hall–Kier alpha value is -6.24. The molecule has 0 heterocycles. The highest BCUT2D eigenvalue weighted by molar-refractivity contribution is 6.27. The molecular formula is C48H30. The molecule has 10 aromatic rings. The molecule has 0 nitrogen and oxygen atoms in total. The van der Waals surface area contributed by atoms with Crippen molar-refractivity contribution in [2.24, 2.45) is 0 Å². The fraction of sp³-hybridized carbons (Fsp3) is 0. The van der Waals surface area contributed by atoms with Gasteiger partial charge in [0.05, 0.1) is 11.0 Å². The third-order valence-corrected chi connectivity index (χ3v) is 9.66. The smallest absolute Gasteiger partial charge is 0.0616 e. The van der Waals surface area contributed by atoms with Crippen molar-refractivity contribution in [3.63, 3.8) is 0 Å². The van der Waals surface area contributed by atoms with E-state index in [9.17, 15) is 5.48 Å². The second kappa shape index (κ2) is 10.7. The number of benzene rings is 10. The van der Waals surface area contributed by atoms with Crippen molar-refractivity contribution >= 4 is 64.6 Å². The van der Waals surface area contributed by atoms with E-state index in [0.29, 0.717) is 22.3 Å². The lowest BCUT2D eigenvalue weighted by molar-refractivity contribution is 1.63. The van der Waals surface area contributed by atoms with Gasteiger partial charge in [0.25, 0.3) is 0 Å². The summed E-state index contributed by atoms with van der Waals surface area (Å²) in [6.45, 7) is 0. The monoisotopic (exact) mass is 614 g/mol. The van der Waals surface area contributed by atoms with Gasteiger partial charge in [0.1, 0.15) is 0 Å². The van der Waals surface area contributed by atoms with Crippen LogP contribution in [0.2, 0.25) is 0 Å². The molecule has 0 unspecified atom stereocenters. The van der Waals surface area contributed by atoms with E-state index in [1.807, 2.05) is 103 Å². The Morgan fingerprint density at radius 1 is 0.292 bits per heavy atom. The van der Waals surface area contributed by atoms with Gasteiger partial charge in [0.15, 0.2) is 0 Å². The maximum absolute atomic E-state index is 9.46. The van der Waals surface area contributed by atoms with Gasteiger partial charge >= 0.3 is 0 Å². The van der Waals surface area contributed by atoms with Crippen molar-refractivity contribution in [1.82, 2.24) is 0 Å². The van der Waals surface area contributed by atoms with Crippen LogP contribution in [0.3, 0.4) is 0 Å². The lowest BCUT2D eigenvalue weighted by Crippen LogP contribution is -1.92. The molecule has 0 aliphatic rings. The molecule has 10 rings (SSSR count). The van der Waals surface area contributed by atoms with Crippen LogP contribution in [0.15, 0.2) is 182 Å². The largest absolute Gasteiger partial charge is 0.0629 e. The number of fused-ring (bicyclic) bond motifs is 9. The summed E-state index contributed by atoms with van der Waals surface area (Å²) in [5.74, 6) is 0. The molecule has 0 fully saturated rings. The van der Waals surface area contributed by atoms with Crippen LogP contribution in [-0.4, -0.2) is 0 Å².